The lowest BCUT2D eigenvalue weighted by molar-refractivity contribution is 0.110. The lowest BCUT2D eigenvalue weighted by Gasteiger charge is -2.16. The van der Waals surface area contributed by atoms with Gasteiger partial charge in [-0.25, -0.2) is 0 Å². The molecule has 0 aromatic heterocycles. The Hall–Kier alpha value is -2.04. The number of rotatable bonds is 8. The fourth-order valence-corrected chi connectivity index (χ4v) is 2.93. The maximum atomic E-state index is 6.07. The average molecular weight is 327 g/mol. The van der Waals surface area contributed by atoms with Gasteiger partial charge < -0.3 is 19.5 Å². The number of methoxy groups -OCH3 is 1. The number of ether oxygens (including phenoxy) is 3. The lowest BCUT2D eigenvalue weighted by atomic mass is 10.1. The van der Waals surface area contributed by atoms with Crippen molar-refractivity contribution >= 4 is 0 Å². The summed E-state index contributed by atoms with van der Waals surface area (Å²) in [6.45, 7) is 3.02. The van der Waals surface area contributed by atoms with Crippen molar-refractivity contribution in [1.82, 2.24) is 5.32 Å². The average Bonchev–Trinajstić information content (AvgIpc) is 3.14. The van der Waals surface area contributed by atoms with E-state index in [9.17, 15) is 0 Å². The number of benzene rings is 2. The molecule has 0 amide bonds. The summed E-state index contributed by atoms with van der Waals surface area (Å²) in [5.41, 5.74) is 2.24. The van der Waals surface area contributed by atoms with E-state index >= 15 is 0 Å². The van der Waals surface area contributed by atoms with Crippen LogP contribution >= 0.6 is 0 Å². The molecule has 0 radical (unpaired) electrons. The Labute approximate surface area is 143 Å². The highest BCUT2D eigenvalue weighted by Gasteiger charge is 2.16. The molecular weight excluding hydrogens is 302 g/mol. The van der Waals surface area contributed by atoms with Crippen LogP contribution in [0.3, 0.4) is 0 Å². The predicted molar refractivity (Wildman–Crippen MR) is 94.4 cm³/mol. The van der Waals surface area contributed by atoms with Crippen molar-refractivity contribution in [2.24, 2.45) is 0 Å². The summed E-state index contributed by atoms with van der Waals surface area (Å²) in [6, 6.07) is 16.2. The van der Waals surface area contributed by atoms with E-state index in [4.69, 9.17) is 14.2 Å². The first-order chi connectivity index (χ1) is 11.9. The first kappa shape index (κ1) is 16.8. The van der Waals surface area contributed by atoms with E-state index in [2.05, 4.69) is 23.5 Å². The second-order valence-corrected chi connectivity index (χ2v) is 5.99. The van der Waals surface area contributed by atoms with Crippen LogP contribution in [0.15, 0.2) is 48.5 Å². The van der Waals surface area contributed by atoms with Crippen molar-refractivity contribution in [3.05, 3.63) is 59.7 Å². The molecule has 2 aromatic carbocycles. The Morgan fingerprint density at radius 2 is 2.00 bits per heavy atom. The quantitative estimate of drug-likeness (QED) is 0.805. The van der Waals surface area contributed by atoms with Crippen molar-refractivity contribution < 1.29 is 14.2 Å². The van der Waals surface area contributed by atoms with Gasteiger partial charge in [-0.1, -0.05) is 42.5 Å². The molecule has 1 saturated heterocycles. The maximum Gasteiger partial charge on any atom is 0.166 e. The molecule has 0 spiro atoms. The molecule has 24 heavy (non-hydrogen) atoms. The SMILES string of the molecule is COc1cccc(CNCC2CCCO2)c1OCc1ccccc1. The third kappa shape index (κ3) is 4.49. The van der Waals surface area contributed by atoms with Crippen LogP contribution in [-0.2, 0) is 17.9 Å². The van der Waals surface area contributed by atoms with Gasteiger partial charge in [-0.15, -0.1) is 0 Å². The fraction of sp³-hybridized carbons (Fsp3) is 0.400. The minimum Gasteiger partial charge on any atom is -0.493 e. The van der Waals surface area contributed by atoms with Crippen molar-refractivity contribution in [2.75, 3.05) is 20.3 Å². The smallest absolute Gasteiger partial charge is 0.166 e. The van der Waals surface area contributed by atoms with Crippen LogP contribution in [0.2, 0.25) is 0 Å². The van der Waals surface area contributed by atoms with E-state index < -0.39 is 0 Å². The summed E-state index contributed by atoms with van der Waals surface area (Å²) in [6.07, 6.45) is 2.64. The second kappa shape index (κ2) is 8.71. The van der Waals surface area contributed by atoms with Crippen LogP contribution in [0.4, 0.5) is 0 Å². The topological polar surface area (TPSA) is 39.7 Å². The summed E-state index contributed by atoms with van der Waals surface area (Å²) < 4.78 is 17.2. The Kier molecular flexibility index (Phi) is 6.10. The molecule has 128 valence electrons. The molecular formula is C20H25NO3. The maximum absolute atomic E-state index is 6.07. The Morgan fingerprint density at radius 1 is 1.12 bits per heavy atom. The molecule has 2 aromatic rings. The van der Waals surface area contributed by atoms with E-state index in [1.54, 1.807) is 7.11 Å². The van der Waals surface area contributed by atoms with Gasteiger partial charge in [-0.3, -0.25) is 0 Å². The first-order valence-electron chi connectivity index (χ1n) is 8.51. The number of hydrogen-bond acceptors (Lipinski definition) is 4. The number of para-hydroxylation sites is 1. The second-order valence-electron chi connectivity index (χ2n) is 5.99. The summed E-state index contributed by atoms with van der Waals surface area (Å²) in [5, 5.41) is 3.47. The summed E-state index contributed by atoms with van der Waals surface area (Å²) in [4.78, 5) is 0. The van der Waals surface area contributed by atoms with Crippen LogP contribution in [-0.4, -0.2) is 26.4 Å². The van der Waals surface area contributed by atoms with E-state index in [0.29, 0.717) is 12.7 Å². The summed E-state index contributed by atoms with van der Waals surface area (Å²) in [5.74, 6) is 1.58. The van der Waals surface area contributed by atoms with E-state index in [1.807, 2.05) is 30.3 Å². The van der Waals surface area contributed by atoms with Gasteiger partial charge >= 0.3 is 0 Å². The van der Waals surface area contributed by atoms with Crippen molar-refractivity contribution in [3.63, 3.8) is 0 Å². The van der Waals surface area contributed by atoms with Crippen LogP contribution in [0, 0.1) is 0 Å². The Bertz CT molecular complexity index is 624. The van der Waals surface area contributed by atoms with E-state index in [0.717, 1.165) is 55.2 Å². The molecule has 1 unspecified atom stereocenters. The van der Waals surface area contributed by atoms with Gasteiger partial charge in [0.25, 0.3) is 0 Å². The normalized spacial score (nSPS) is 17.0. The van der Waals surface area contributed by atoms with Crippen molar-refractivity contribution in [1.29, 1.82) is 0 Å². The van der Waals surface area contributed by atoms with Crippen molar-refractivity contribution in [2.45, 2.75) is 32.1 Å². The molecule has 1 fully saturated rings. The number of hydrogen-bond donors (Lipinski definition) is 1. The number of nitrogens with one attached hydrogen (secondary N) is 1. The minimum absolute atomic E-state index is 0.337. The van der Waals surface area contributed by atoms with Crippen LogP contribution in [0.25, 0.3) is 0 Å². The fourth-order valence-electron chi connectivity index (χ4n) is 2.93. The summed E-state index contributed by atoms with van der Waals surface area (Å²) in [7, 11) is 1.67. The zero-order valence-electron chi connectivity index (χ0n) is 14.2. The molecule has 3 rings (SSSR count). The van der Waals surface area contributed by atoms with Gasteiger partial charge in [0.2, 0.25) is 0 Å². The first-order valence-corrected chi connectivity index (χ1v) is 8.51. The van der Waals surface area contributed by atoms with Crippen molar-refractivity contribution in [3.8, 4) is 11.5 Å². The molecule has 1 aliphatic rings. The molecule has 1 atom stereocenters. The lowest BCUT2D eigenvalue weighted by Crippen LogP contribution is -2.26. The third-order valence-electron chi connectivity index (χ3n) is 4.22. The van der Waals surface area contributed by atoms with E-state index in [1.165, 1.54) is 0 Å². The molecule has 1 N–H and O–H groups in total. The Morgan fingerprint density at radius 3 is 2.75 bits per heavy atom. The molecule has 4 heteroatoms. The zero-order valence-corrected chi connectivity index (χ0v) is 14.2. The Balaban J connectivity index is 1.63. The van der Waals surface area contributed by atoms with Gasteiger partial charge in [-0.05, 0) is 24.5 Å². The minimum atomic E-state index is 0.337. The highest BCUT2D eigenvalue weighted by atomic mass is 16.5. The van der Waals surface area contributed by atoms with Crippen LogP contribution < -0.4 is 14.8 Å². The monoisotopic (exact) mass is 327 g/mol. The highest BCUT2D eigenvalue weighted by Crippen LogP contribution is 2.31. The van der Waals surface area contributed by atoms with Gasteiger partial charge in [0.1, 0.15) is 6.61 Å². The van der Waals surface area contributed by atoms with Gasteiger partial charge in [-0.2, -0.15) is 0 Å². The van der Waals surface area contributed by atoms with Crippen LogP contribution in [0.5, 0.6) is 11.5 Å². The van der Waals surface area contributed by atoms with Gasteiger partial charge in [0.05, 0.1) is 13.2 Å². The third-order valence-corrected chi connectivity index (χ3v) is 4.22. The zero-order chi connectivity index (χ0) is 16.6. The predicted octanol–water partition coefficient (Wildman–Crippen LogP) is 3.54. The molecule has 0 bridgehead atoms. The molecule has 0 saturated carbocycles. The molecule has 4 nitrogen and oxygen atoms in total. The largest absolute Gasteiger partial charge is 0.493 e. The van der Waals surface area contributed by atoms with E-state index in [-0.39, 0.29) is 0 Å². The standard InChI is InChI=1S/C20H25NO3/c1-22-19-11-5-9-17(13-21-14-18-10-6-12-23-18)20(19)24-15-16-7-3-2-4-8-16/h2-5,7-9,11,18,21H,6,10,12-15H2,1H3. The highest BCUT2D eigenvalue weighted by molar-refractivity contribution is 5.46. The van der Waals surface area contributed by atoms with Gasteiger partial charge in [0, 0.05) is 25.3 Å². The molecule has 1 aliphatic heterocycles. The molecule has 0 aliphatic carbocycles. The van der Waals surface area contributed by atoms with Gasteiger partial charge in [0.15, 0.2) is 11.5 Å². The summed E-state index contributed by atoms with van der Waals surface area (Å²) >= 11 is 0. The molecule has 1 heterocycles. The van der Waals surface area contributed by atoms with Crippen LogP contribution in [0.1, 0.15) is 24.0 Å².